The van der Waals surface area contributed by atoms with Gasteiger partial charge >= 0.3 is 0 Å². The van der Waals surface area contributed by atoms with E-state index in [1.807, 2.05) is 13.1 Å². The van der Waals surface area contributed by atoms with Crippen molar-refractivity contribution in [1.29, 1.82) is 0 Å². The molecule has 0 spiro atoms. The maximum Gasteiger partial charge on any atom is 0.228 e. The fraction of sp³-hybridized carbons (Fsp3) is 0.364. The number of carbonyl (C=O) groups is 1. The van der Waals surface area contributed by atoms with E-state index in [0.717, 1.165) is 24.2 Å². The van der Waals surface area contributed by atoms with E-state index < -0.39 is 0 Å². The van der Waals surface area contributed by atoms with Crippen molar-refractivity contribution in [3.8, 4) is 0 Å². The first-order valence-corrected chi connectivity index (χ1v) is 4.86. The molecule has 0 saturated heterocycles. The molecule has 0 aromatic heterocycles. The van der Waals surface area contributed by atoms with Crippen LogP contribution in [0.2, 0.25) is 0 Å². The molecule has 0 bridgehead atoms. The highest BCUT2D eigenvalue weighted by atomic mass is 16.1. The van der Waals surface area contributed by atoms with Gasteiger partial charge in [-0.3, -0.25) is 4.79 Å². The van der Waals surface area contributed by atoms with Gasteiger partial charge < -0.3 is 10.6 Å². The molecule has 2 N–H and O–H groups in total. The Kier molecular flexibility index (Phi) is 2.50. The molecule has 1 heterocycles. The summed E-state index contributed by atoms with van der Waals surface area (Å²) in [6.07, 6.45) is 1.54. The first-order chi connectivity index (χ1) is 6.79. The van der Waals surface area contributed by atoms with Gasteiger partial charge in [-0.25, -0.2) is 0 Å². The zero-order valence-corrected chi connectivity index (χ0v) is 8.26. The number of nitrogens with one attached hydrogen (secondary N) is 2. The van der Waals surface area contributed by atoms with Crippen molar-refractivity contribution >= 4 is 11.6 Å². The molecule has 14 heavy (non-hydrogen) atoms. The number of rotatable bonds is 3. The van der Waals surface area contributed by atoms with Gasteiger partial charge in [-0.2, -0.15) is 0 Å². The highest BCUT2D eigenvalue weighted by Gasteiger charge is 2.16. The molecule has 2 rings (SSSR count). The monoisotopic (exact) mass is 190 g/mol. The Morgan fingerprint density at radius 3 is 3.14 bits per heavy atom. The van der Waals surface area contributed by atoms with Crippen LogP contribution in [0.4, 0.5) is 5.69 Å². The molecule has 0 unspecified atom stereocenters. The summed E-state index contributed by atoms with van der Waals surface area (Å²) in [6.45, 7) is 0.972. The molecule has 3 heteroatoms. The van der Waals surface area contributed by atoms with Crippen LogP contribution in [0.1, 0.15) is 11.1 Å². The average Bonchev–Trinajstić information content (AvgIpc) is 2.54. The van der Waals surface area contributed by atoms with Crippen LogP contribution >= 0.6 is 0 Å². The minimum absolute atomic E-state index is 0.103. The van der Waals surface area contributed by atoms with Crippen LogP contribution < -0.4 is 10.6 Å². The van der Waals surface area contributed by atoms with Crippen molar-refractivity contribution in [2.45, 2.75) is 12.8 Å². The van der Waals surface area contributed by atoms with E-state index in [1.54, 1.807) is 0 Å². The molecule has 1 aliphatic rings. The molecule has 74 valence electrons. The molecule has 0 aliphatic carbocycles. The first-order valence-electron chi connectivity index (χ1n) is 4.86. The third-order valence-corrected chi connectivity index (χ3v) is 2.46. The van der Waals surface area contributed by atoms with Crippen molar-refractivity contribution < 1.29 is 4.79 Å². The largest absolute Gasteiger partial charge is 0.326 e. The Bertz CT molecular complexity index is 360. The van der Waals surface area contributed by atoms with Gasteiger partial charge in [0.05, 0.1) is 6.42 Å². The number of carbonyl (C=O) groups excluding carboxylic acids is 1. The molecule has 1 aliphatic heterocycles. The van der Waals surface area contributed by atoms with Crippen molar-refractivity contribution in [3.05, 3.63) is 29.3 Å². The van der Waals surface area contributed by atoms with Crippen LogP contribution in [-0.2, 0) is 17.6 Å². The lowest BCUT2D eigenvalue weighted by Gasteiger charge is -2.03. The highest BCUT2D eigenvalue weighted by molar-refractivity contribution is 5.99. The van der Waals surface area contributed by atoms with Crippen molar-refractivity contribution in [3.63, 3.8) is 0 Å². The van der Waals surface area contributed by atoms with Crippen LogP contribution in [0.25, 0.3) is 0 Å². The molecule has 1 aromatic rings. The minimum atomic E-state index is 0.103. The van der Waals surface area contributed by atoms with Gasteiger partial charge in [0.15, 0.2) is 0 Å². The van der Waals surface area contributed by atoms with E-state index in [-0.39, 0.29) is 5.91 Å². The number of hydrogen-bond donors (Lipinski definition) is 2. The highest BCUT2D eigenvalue weighted by Crippen LogP contribution is 2.23. The van der Waals surface area contributed by atoms with Crippen LogP contribution in [-0.4, -0.2) is 19.5 Å². The second-order valence-electron chi connectivity index (χ2n) is 3.57. The summed E-state index contributed by atoms with van der Waals surface area (Å²) in [6, 6.07) is 6.18. The number of fused-ring (bicyclic) bond motifs is 1. The summed E-state index contributed by atoms with van der Waals surface area (Å²) >= 11 is 0. The molecule has 1 amide bonds. The zero-order valence-electron chi connectivity index (χ0n) is 8.26. The predicted octanol–water partition coefficient (Wildman–Crippen LogP) is 0.943. The fourth-order valence-electron chi connectivity index (χ4n) is 1.71. The van der Waals surface area contributed by atoms with E-state index in [4.69, 9.17) is 0 Å². The maximum atomic E-state index is 11.1. The van der Waals surface area contributed by atoms with Gasteiger partial charge in [0.1, 0.15) is 0 Å². The maximum absolute atomic E-state index is 11.1. The van der Waals surface area contributed by atoms with Crippen LogP contribution in [0.15, 0.2) is 18.2 Å². The molecule has 0 radical (unpaired) electrons. The summed E-state index contributed by atoms with van der Waals surface area (Å²) in [5, 5.41) is 5.94. The van der Waals surface area contributed by atoms with Crippen molar-refractivity contribution in [2.75, 3.05) is 18.9 Å². The first kappa shape index (κ1) is 9.21. The lowest BCUT2D eigenvalue weighted by atomic mass is 10.1. The molecule has 0 fully saturated rings. The van der Waals surface area contributed by atoms with Gasteiger partial charge in [0, 0.05) is 5.69 Å². The third-order valence-electron chi connectivity index (χ3n) is 2.46. The van der Waals surface area contributed by atoms with Gasteiger partial charge in [-0.15, -0.1) is 0 Å². The van der Waals surface area contributed by atoms with E-state index in [0.29, 0.717) is 6.42 Å². The van der Waals surface area contributed by atoms with E-state index >= 15 is 0 Å². The van der Waals surface area contributed by atoms with E-state index in [2.05, 4.69) is 22.8 Å². The molecule has 3 nitrogen and oxygen atoms in total. The summed E-state index contributed by atoms with van der Waals surface area (Å²) in [5.41, 5.74) is 3.39. The SMILES string of the molecule is CNCCc1ccc2c(c1)CC(=O)N2. The Morgan fingerprint density at radius 1 is 1.50 bits per heavy atom. The Labute approximate surface area is 83.5 Å². The standard InChI is InChI=1S/C11H14N2O/c1-12-5-4-8-2-3-10-9(6-8)7-11(14)13-10/h2-3,6,12H,4-5,7H2,1H3,(H,13,14). The Morgan fingerprint density at radius 2 is 2.36 bits per heavy atom. The Balaban J connectivity index is 2.16. The molecule has 1 aromatic carbocycles. The van der Waals surface area contributed by atoms with Crippen LogP contribution in [0.3, 0.4) is 0 Å². The van der Waals surface area contributed by atoms with Crippen molar-refractivity contribution in [2.24, 2.45) is 0 Å². The summed E-state index contributed by atoms with van der Waals surface area (Å²) in [7, 11) is 1.94. The lowest BCUT2D eigenvalue weighted by Crippen LogP contribution is -2.10. The van der Waals surface area contributed by atoms with Crippen LogP contribution in [0, 0.1) is 0 Å². The van der Waals surface area contributed by atoms with E-state index in [1.165, 1.54) is 5.56 Å². The van der Waals surface area contributed by atoms with Gasteiger partial charge in [0.2, 0.25) is 5.91 Å². The van der Waals surface area contributed by atoms with E-state index in [9.17, 15) is 4.79 Å². The zero-order chi connectivity index (χ0) is 9.97. The van der Waals surface area contributed by atoms with Gasteiger partial charge in [0.25, 0.3) is 0 Å². The molecule has 0 saturated carbocycles. The summed E-state index contributed by atoms with van der Waals surface area (Å²) in [5.74, 6) is 0.103. The number of benzene rings is 1. The molecule has 0 atom stereocenters. The smallest absolute Gasteiger partial charge is 0.228 e. The number of amides is 1. The van der Waals surface area contributed by atoms with Gasteiger partial charge in [-0.1, -0.05) is 12.1 Å². The normalized spacial score (nSPS) is 13.9. The minimum Gasteiger partial charge on any atom is -0.326 e. The molecular weight excluding hydrogens is 176 g/mol. The van der Waals surface area contributed by atoms with Crippen LogP contribution in [0.5, 0.6) is 0 Å². The second kappa shape index (κ2) is 3.80. The average molecular weight is 190 g/mol. The fourth-order valence-corrected chi connectivity index (χ4v) is 1.71. The third kappa shape index (κ3) is 1.77. The van der Waals surface area contributed by atoms with Crippen molar-refractivity contribution in [1.82, 2.24) is 5.32 Å². The van der Waals surface area contributed by atoms with Gasteiger partial charge in [-0.05, 0) is 37.2 Å². The second-order valence-corrected chi connectivity index (χ2v) is 3.57. The number of anilines is 1. The number of likely N-dealkylation sites (N-methyl/N-ethyl adjacent to an activating group) is 1. The Hall–Kier alpha value is -1.35. The topological polar surface area (TPSA) is 41.1 Å². The number of hydrogen-bond acceptors (Lipinski definition) is 2. The summed E-state index contributed by atoms with van der Waals surface area (Å²) < 4.78 is 0. The molecular formula is C11H14N2O. The predicted molar refractivity (Wildman–Crippen MR) is 56.4 cm³/mol. The lowest BCUT2D eigenvalue weighted by molar-refractivity contribution is -0.115. The quantitative estimate of drug-likeness (QED) is 0.745. The summed E-state index contributed by atoms with van der Waals surface area (Å²) in [4.78, 5) is 11.1.